The van der Waals surface area contributed by atoms with Crippen molar-refractivity contribution in [2.45, 2.75) is 25.8 Å². The monoisotopic (exact) mass is 422 g/mol. The van der Waals surface area contributed by atoms with Crippen LogP contribution in [0.1, 0.15) is 24.0 Å². The third-order valence-electron chi connectivity index (χ3n) is 4.91. The molecule has 0 spiro atoms. The summed E-state index contributed by atoms with van der Waals surface area (Å²) in [5, 5.41) is 28.6. The summed E-state index contributed by atoms with van der Waals surface area (Å²) in [5.74, 6) is 0.364. The average Bonchev–Trinajstić information content (AvgIpc) is 3.34. The molecule has 8 nitrogen and oxygen atoms in total. The number of rotatable bonds is 4. The predicted octanol–water partition coefficient (Wildman–Crippen LogP) is 2.78. The van der Waals surface area contributed by atoms with Gasteiger partial charge in [0, 0.05) is 33.6 Å². The van der Waals surface area contributed by atoms with Gasteiger partial charge in [0.05, 0.1) is 12.2 Å². The number of nitrogens with zero attached hydrogens (tertiary/aromatic N) is 4. The first-order chi connectivity index (χ1) is 14.5. The molecular weight excluding hydrogens is 404 g/mol. The Kier molecular flexibility index (Phi) is 4.36. The molecule has 4 aromatic rings. The van der Waals surface area contributed by atoms with Crippen molar-refractivity contribution in [1.82, 2.24) is 19.6 Å². The third-order valence-corrected chi connectivity index (χ3v) is 5.32. The lowest BCUT2D eigenvalue weighted by atomic mass is 10.2. The minimum Gasteiger partial charge on any atom is -0.494 e. The highest BCUT2D eigenvalue weighted by atomic mass is 35.5. The van der Waals surface area contributed by atoms with E-state index in [4.69, 9.17) is 21.6 Å². The molecule has 152 valence electrons. The lowest BCUT2D eigenvalue weighted by molar-refractivity contribution is 0.425. The van der Waals surface area contributed by atoms with Crippen LogP contribution in [-0.2, 0) is 0 Å². The minimum atomic E-state index is -0.127. The maximum atomic E-state index is 9.94. The Morgan fingerprint density at radius 2 is 2.10 bits per heavy atom. The van der Waals surface area contributed by atoms with E-state index < -0.39 is 0 Å². The number of aromatic amines is 1. The van der Waals surface area contributed by atoms with E-state index in [2.05, 4.69) is 15.4 Å². The first-order valence-electron chi connectivity index (χ1n) is 9.55. The second kappa shape index (κ2) is 7.07. The van der Waals surface area contributed by atoms with Crippen molar-refractivity contribution < 1.29 is 10.2 Å². The van der Waals surface area contributed by atoms with Crippen LogP contribution in [0.25, 0.3) is 11.7 Å². The highest BCUT2D eigenvalue weighted by molar-refractivity contribution is 6.31. The molecule has 3 heterocycles. The van der Waals surface area contributed by atoms with Crippen LogP contribution in [0.2, 0.25) is 5.02 Å². The Bertz CT molecular complexity index is 1390. The number of halogens is 1. The van der Waals surface area contributed by atoms with Crippen molar-refractivity contribution in [3.05, 3.63) is 63.4 Å². The molecule has 0 unspecified atom stereocenters. The van der Waals surface area contributed by atoms with Crippen molar-refractivity contribution >= 4 is 34.8 Å². The van der Waals surface area contributed by atoms with E-state index in [1.807, 2.05) is 31.2 Å². The Morgan fingerprint density at radius 3 is 2.80 bits per heavy atom. The molecule has 0 aliphatic heterocycles. The van der Waals surface area contributed by atoms with Crippen LogP contribution in [0.15, 0.2) is 41.5 Å². The number of aryl methyl sites for hydroxylation is 1. The summed E-state index contributed by atoms with van der Waals surface area (Å²) in [5.41, 5.74) is 3.53. The molecule has 3 aromatic heterocycles. The zero-order valence-electron chi connectivity index (χ0n) is 16.1. The van der Waals surface area contributed by atoms with Crippen LogP contribution in [0.4, 0.5) is 11.5 Å². The standard InChI is InChI=1S/C21H19ClN6O2/c1-11-2-3-15(8-16(11)22)24-17-9-18(25-14-4-5-14)28-20(26-17)13(10-23-28)6-12-7-19(29)27-21(12)30/h2-3,6-10,14,24,27,29-30H,4-5H2,1H3. The molecule has 1 saturated carbocycles. The number of hydrogen-bond donors (Lipinski definition) is 4. The number of anilines is 2. The van der Waals surface area contributed by atoms with Crippen molar-refractivity contribution in [2.75, 3.05) is 5.32 Å². The van der Waals surface area contributed by atoms with Gasteiger partial charge in [0.25, 0.3) is 0 Å². The van der Waals surface area contributed by atoms with E-state index in [9.17, 15) is 10.2 Å². The summed E-state index contributed by atoms with van der Waals surface area (Å²) in [6, 6.07) is 9.33. The van der Waals surface area contributed by atoms with Gasteiger partial charge < -0.3 is 15.5 Å². The second-order valence-electron chi connectivity index (χ2n) is 7.39. The summed E-state index contributed by atoms with van der Waals surface area (Å²) in [4.78, 5) is 11.9. The van der Waals surface area contributed by atoms with Crippen LogP contribution in [0.5, 0.6) is 11.8 Å². The molecule has 5 rings (SSSR count). The topological polar surface area (TPSA) is 111 Å². The SMILES string of the molecule is Cc1ccc(Nc2cc(=NC3CC3)n3ncc(=Cc4cc(O)[nH]c4O)c3n2)cc1Cl. The number of aromatic nitrogens is 4. The molecule has 1 fully saturated rings. The maximum absolute atomic E-state index is 9.94. The first kappa shape index (κ1) is 18.5. The van der Waals surface area contributed by atoms with Gasteiger partial charge in [-0.3, -0.25) is 9.98 Å². The van der Waals surface area contributed by atoms with Crippen molar-refractivity contribution in [1.29, 1.82) is 0 Å². The molecule has 0 bridgehead atoms. The van der Waals surface area contributed by atoms with Gasteiger partial charge in [-0.1, -0.05) is 17.7 Å². The van der Waals surface area contributed by atoms with Gasteiger partial charge in [-0.15, -0.1) is 0 Å². The lowest BCUT2D eigenvalue weighted by Gasteiger charge is -2.08. The van der Waals surface area contributed by atoms with E-state index in [0.717, 1.165) is 24.1 Å². The van der Waals surface area contributed by atoms with Gasteiger partial charge in [0.15, 0.2) is 22.9 Å². The largest absolute Gasteiger partial charge is 0.494 e. The van der Waals surface area contributed by atoms with Gasteiger partial charge in [0.1, 0.15) is 5.82 Å². The van der Waals surface area contributed by atoms with Crippen LogP contribution in [-0.4, -0.2) is 35.8 Å². The summed E-state index contributed by atoms with van der Waals surface area (Å²) in [6.07, 6.45) is 5.49. The van der Waals surface area contributed by atoms with E-state index in [1.54, 1.807) is 16.8 Å². The fraction of sp³-hybridized carbons (Fsp3) is 0.190. The van der Waals surface area contributed by atoms with Crippen molar-refractivity contribution in [3.8, 4) is 11.8 Å². The van der Waals surface area contributed by atoms with Crippen LogP contribution in [0, 0.1) is 6.92 Å². The van der Waals surface area contributed by atoms with Crippen LogP contribution < -0.4 is 16.0 Å². The van der Waals surface area contributed by atoms with Gasteiger partial charge >= 0.3 is 0 Å². The number of fused-ring (bicyclic) bond motifs is 1. The zero-order chi connectivity index (χ0) is 20.8. The third kappa shape index (κ3) is 3.57. The Balaban J connectivity index is 1.66. The molecule has 0 radical (unpaired) electrons. The van der Waals surface area contributed by atoms with E-state index in [-0.39, 0.29) is 11.8 Å². The molecule has 1 aromatic carbocycles. The lowest BCUT2D eigenvalue weighted by Crippen LogP contribution is -2.19. The fourth-order valence-electron chi connectivity index (χ4n) is 3.15. The Labute approximate surface area is 176 Å². The normalized spacial score (nSPS) is 15.3. The quantitative estimate of drug-likeness (QED) is 0.404. The number of aromatic hydroxyl groups is 2. The molecule has 30 heavy (non-hydrogen) atoms. The van der Waals surface area contributed by atoms with E-state index >= 15 is 0 Å². The van der Waals surface area contributed by atoms with Gasteiger partial charge in [-0.25, -0.2) is 4.98 Å². The van der Waals surface area contributed by atoms with Gasteiger partial charge in [-0.05, 0) is 43.5 Å². The highest BCUT2D eigenvalue weighted by Crippen LogP contribution is 2.24. The number of benzene rings is 1. The molecule has 0 atom stereocenters. The van der Waals surface area contributed by atoms with E-state index in [1.165, 1.54) is 6.07 Å². The Morgan fingerprint density at radius 1 is 1.27 bits per heavy atom. The zero-order valence-corrected chi connectivity index (χ0v) is 16.9. The minimum absolute atomic E-state index is 0.119. The molecule has 9 heteroatoms. The molecule has 0 saturated heterocycles. The smallest absolute Gasteiger partial charge is 0.198 e. The van der Waals surface area contributed by atoms with Crippen LogP contribution in [0.3, 0.4) is 0 Å². The molecule has 4 N–H and O–H groups in total. The maximum Gasteiger partial charge on any atom is 0.198 e. The predicted molar refractivity (Wildman–Crippen MR) is 114 cm³/mol. The Hall–Kier alpha value is -3.52. The highest BCUT2D eigenvalue weighted by Gasteiger charge is 2.20. The summed E-state index contributed by atoms with van der Waals surface area (Å²) < 4.78 is 1.68. The van der Waals surface area contributed by atoms with Crippen molar-refractivity contribution in [3.63, 3.8) is 0 Å². The number of H-pyrrole nitrogens is 1. The fourth-order valence-corrected chi connectivity index (χ4v) is 3.33. The van der Waals surface area contributed by atoms with Gasteiger partial charge in [0.2, 0.25) is 0 Å². The summed E-state index contributed by atoms with van der Waals surface area (Å²) >= 11 is 6.25. The molecule has 0 amide bonds. The molecular formula is C21H19ClN6O2. The van der Waals surface area contributed by atoms with Crippen molar-refractivity contribution in [2.24, 2.45) is 4.99 Å². The number of nitrogens with one attached hydrogen (secondary N) is 2. The van der Waals surface area contributed by atoms with Crippen LogP contribution >= 0.6 is 11.6 Å². The summed E-state index contributed by atoms with van der Waals surface area (Å²) in [7, 11) is 0. The van der Waals surface area contributed by atoms with E-state index in [0.29, 0.717) is 38.8 Å². The second-order valence-corrected chi connectivity index (χ2v) is 7.79. The average molecular weight is 423 g/mol. The first-order valence-corrected chi connectivity index (χ1v) is 9.92. The summed E-state index contributed by atoms with van der Waals surface area (Å²) in [6.45, 7) is 1.95. The number of hydrogen-bond acceptors (Lipinski definition) is 6. The molecule has 1 aliphatic carbocycles. The van der Waals surface area contributed by atoms with Gasteiger partial charge in [-0.2, -0.15) is 9.61 Å². The molecule has 1 aliphatic rings.